The van der Waals surface area contributed by atoms with E-state index in [0.717, 1.165) is 5.56 Å². The summed E-state index contributed by atoms with van der Waals surface area (Å²) < 4.78 is 12.5. The maximum Gasteiger partial charge on any atom is 0.410 e. The van der Waals surface area contributed by atoms with Crippen molar-refractivity contribution in [2.45, 2.75) is 52.8 Å². The second-order valence-corrected chi connectivity index (χ2v) is 9.86. The summed E-state index contributed by atoms with van der Waals surface area (Å²) in [5, 5.41) is 0. The molecule has 1 fully saturated rings. The van der Waals surface area contributed by atoms with Gasteiger partial charge in [0.2, 0.25) is 5.75 Å². The number of aromatic nitrogens is 2. The van der Waals surface area contributed by atoms with Crippen LogP contribution >= 0.6 is 0 Å². The number of carbonyl (C=O) groups excluding carboxylic acids is 3. The zero-order valence-corrected chi connectivity index (χ0v) is 20.4. The summed E-state index contributed by atoms with van der Waals surface area (Å²) in [4.78, 5) is 58.9. The average molecular weight is 483 g/mol. The summed E-state index contributed by atoms with van der Waals surface area (Å²) in [5.74, 6) is -1.15. The average Bonchev–Trinajstić information content (AvgIpc) is 3.31. The van der Waals surface area contributed by atoms with Gasteiger partial charge in [0.1, 0.15) is 12.4 Å². The van der Waals surface area contributed by atoms with Gasteiger partial charge in [-0.3, -0.25) is 19.3 Å². The number of hydrogen-bond acceptors (Lipinski definition) is 7. The SMILES string of the molecule is CN1CCn2c(C3CCCN3C(=O)OCc3ccccc3)nc(=O)c(OC(=O)C(C)(C)C)c2C1=O. The molecule has 2 aliphatic rings. The highest BCUT2D eigenvalue weighted by atomic mass is 16.6. The quantitative estimate of drug-likeness (QED) is 0.616. The third-order valence-electron chi connectivity index (χ3n) is 6.18. The fourth-order valence-corrected chi connectivity index (χ4v) is 4.17. The molecule has 35 heavy (non-hydrogen) atoms. The molecule has 1 atom stereocenters. The molecule has 1 unspecified atom stereocenters. The van der Waals surface area contributed by atoms with Crippen molar-refractivity contribution in [3.05, 3.63) is 57.8 Å². The lowest BCUT2D eigenvalue weighted by Gasteiger charge is -2.32. The van der Waals surface area contributed by atoms with Gasteiger partial charge in [-0.2, -0.15) is 4.98 Å². The molecule has 1 aromatic heterocycles. The summed E-state index contributed by atoms with van der Waals surface area (Å²) in [5.41, 5.74) is -0.841. The highest BCUT2D eigenvalue weighted by molar-refractivity contribution is 5.96. The third kappa shape index (κ3) is 4.91. The molecular weight excluding hydrogens is 452 g/mol. The van der Waals surface area contributed by atoms with Crippen molar-refractivity contribution in [1.82, 2.24) is 19.4 Å². The van der Waals surface area contributed by atoms with E-state index in [4.69, 9.17) is 9.47 Å². The maximum atomic E-state index is 13.1. The zero-order valence-electron chi connectivity index (χ0n) is 20.4. The van der Waals surface area contributed by atoms with E-state index in [9.17, 15) is 19.2 Å². The molecule has 1 saturated heterocycles. The molecule has 186 valence electrons. The van der Waals surface area contributed by atoms with Crippen LogP contribution in [0.5, 0.6) is 5.75 Å². The lowest BCUT2D eigenvalue weighted by atomic mass is 9.97. The Hall–Kier alpha value is -3.69. The van der Waals surface area contributed by atoms with E-state index in [2.05, 4.69) is 4.98 Å². The Morgan fingerprint density at radius 3 is 2.49 bits per heavy atom. The number of likely N-dealkylation sites (tertiary alicyclic amines) is 1. The van der Waals surface area contributed by atoms with Gasteiger partial charge in [0.05, 0.1) is 11.5 Å². The number of likely N-dealkylation sites (N-methyl/N-ethyl adjacent to an activating group) is 1. The summed E-state index contributed by atoms with van der Waals surface area (Å²) in [6.45, 7) is 6.29. The van der Waals surface area contributed by atoms with Crippen molar-refractivity contribution in [1.29, 1.82) is 0 Å². The van der Waals surface area contributed by atoms with Crippen LogP contribution < -0.4 is 10.3 Å². The summed E-state index contributed by atoms with van der Waals surface area (Å²) in [7, 11) is 1.62. The van der Waals surface area contributed by atoms with Crippen molar-refractivity contribution in [3.63, 3.8) is 0 Å². The van der Waals surface area contributed by atoms with Crippen LogP contribution in [0.2, 0.25) is 0 Å². The Bertz CT molecular complexity index is 1200. The Balaban J connectivity index is 1.68. The van der Waals surface area contributed by atoms with E-state index in [-0.39, 0.29) is 18.1 Å². The first-order valence-electron chi connectivity index (χ1n) is 11.7. The van der Waals surface area contributed by atoms with Gasteiger partial charge >= 0.3 is 17.6 Å². The number of esters is 1. The smallest absolute Gasteiger partial charge is 0.410 e. The Labute approximate surface area is 203 Å². The lowest BCUT2D eigenvalue weighted by molar-refractivity contribution is -0.143. The molecule has 0 spiro atoms. The molecule has 10 nitrogen and oxygen atoms in total. The van der Waals surface area contributed by atoms with Gasteiger partial charge < -0.3 is 18.9 Å². The van der Waals surface area contributed by atoms with E-state index in [0.29, 0.717) is 38.3 Å². The van der Waals surface area contributed by atoms with E-state index in [1.54, 1.807) is 37.3 Å². The number of nitrogens with zero attached hydrogens (tertiary/aromatic N) is 4. The molecule has 0 N–H and O–H groups in total. The Morgan fingerprint density at radius 1 is 1.09 bits per heavy atom. The largest absolute Gasteiger partial charge is 0.445 e. The number of benzene rings is 1. The molecule has 2 aliphatic heterocycles. The third-order valence-corrected chi connectivity index (χ3v) is 6.18. The molecule has 4 rings (SSSR count). The monoisotopic (exact) mass is 482 g/mol. The number of amides is 2. The minimum Gasteiger partial charge on any atom is -0.445 e. The molecular formula is C25H30N4O6. The van der Waals surface area contributed by atoms with E-state index in [1.807, 2.05) is 30.3 Å². The molecule has 10 heteroatoms. The van der Waals surface area contributed by atoms with Crippen molar-refractivity contribution >= 4 is 18.0 Å². The first-order valence-corrected chi connectivity index (χ1v) is 11.7. The van der Waals surface area contributed by atoms with Crippen LogP contribution in [0.25, 0.3) is 0 Å². The van der Waals surface area contributed by atoms with E-state index >= 15 is 0 Å². The number of ether oxygens (including phenoxy) is 2. The first kappa shape index (κ1) is 24.4. The van der Waals surface area contributed by atoms with Gasteiger partial charge in [-0.05, 0) is 39.2 Å². The number of carbonyl (C=O) groups is 3. The van der Waals surface area contributed by atoms with E-state index < -0.39 is 35.0 Å². The van der Waals surface area contributed by atoms with Crippen LogP contribution in [0, 0.1) is 5.41 Å². The molecule has 2 amide bonds. The van der Waals surface area contributed by atoms with Gasteiger partial charge in [0, 0.05) is 26.7 Å². The summed E-state index contributed by atoms with van der Waals surface area (Å²) >= 11 is 0. The summed E-state index contributed by atoms with van der Waals surface area (Å²) in [6.07, 6.45) is 0.755. The van der Waals surface area contributed by atoms with E-state index in [1.165, 1.54) is 4.90 Å². The fourth-order valence-electron chi connectivity index (χ4n) is 4.17. The van der Waals surface area contributed by atoms with Gasteiger partial charge in [0.15, 0.2) is 5.69 Å². The summed E-state index contributed by atoms with van der Waals surface area (Å²) in [6, 6.07) is 8.82. The molecule has 1 aromatic carbocycles. The predicted octanol–water partition coefficient (Wildman–Crippen LogP) is 2.75. The Morgan fingerprint density at radius 2 is 1.80 bits per heavy atom. The number of fused-ring (bicyclic) bond motifs is 1. The predicted molar refractivity (Wildman–Crippen MR) is 126 cm³/mol. The minimum absolute atomic E-state index is 0.0177. The molecule has 0 radical (unpaired) electrons. The van der Waals surface area contributed by atoms with Gasteiger partial charge in [-0.1, -0.05) is 30.3 Å². The van der Waals surface area contributed by atoms with Crippen molar-refractivity contribution in [2.24, 2.45) is 5.41 Å². The van der Waals surface area contributed by atoms with Gasteiger partial charge in [-0.25, -0.2) is 4.79 Å². The van der Waals surface area contributed by atoms with Crippen molar-refractivity contribution in [2.75, 3.05) is 20.1 Å². The van der Waals surface area contributed by atoms with Crippen LogP contribution in [0.3, 0.4) is 0 Å². The second-order valence-electron chi connectivity index (χ2n) is 9.86. The number of hydrogen-bond donors (Lipinski definition) is 0. The molecule has 2 aromatic rings. The maximum absolute atomic E-state index is 13.1. The molecule has 3 heterocycles. The van der Waals surface area contributed by atoms with Crippen molar-refractivity contribution < 1.29 is 23.9 Å². The molecule has 0 bridgehead atoms. The van der Waals surface area contributed by atoms with Crippen molar-refractivity contribution in [3.8, 4) is 5.75 Å². The van der Waals surface area contributed by atoms with Gasteiger partial charge in [0.25, 0.3) is 5.91 Å². The topological polar surface area (TPSA) is 111 Å². The fraction of sp³-hybridized carbons (Fsp3) is 0.480. The number of rotatable bonds is 4. The van der Waals surface area contributed by atoms with Gasteiger partial charge in [-0.15, -0.1) is 0 Å². The normalized spacial score (nSPS) is 17.8. The van der Waals surface area contributed by atoms with Crippen LogP contribution in [0.1, 0.15) is 61.5 Å². The zero-order chi connectivity index (χ0) is 25.3. The van der Waals surface area contributed by atoms with Crippen LogP contribution in [0.15, 0.2) is 35.1 Å². The lowest BCUT2D eigenvalue weighted by Crippen LogP contribution is -2.44. The minimum atomic E-state index is -0.878. The molecule has 0 saturated carbocycles. The standard InChI is InChI=1S/C25H30N4O6/c1-25(2,3)23(32)35-19-18-22(31)27(4)13-14-29(18)20(26-21(19)30)17-11-8-12-28(17)24(33)34-15-16-9-6-5-7-10-16/h5-7,9-10,17H,8,11-15H2,1-4H3. The highest BCUT2D eigenvalue weighted by Crippen LogP contribution is 2.34. The second kappa shape index (κ2) is 9.52. The van der Waals surface area contributed by atoms with Crippen LogP contribution in [-0.4, -0.2) is 57.5 Å². The van der Waals surface area contributed by atoms with Crippen LogP contribution in [-0.2, 0) is 22.7 Å². The highest BCUT2D eigenvalue weighted by Gasteiger charge is 2.39. The molecule has 0 aliphatic carbocycles. The Kier molecular flexibility index (Phi) is 6.64. The van der Waals surface area contributed by atoms with Crippen LogP contribution in [0.4, 0.5) is 4.79 Å². The first-order chi connectivity index (χ1) is 16.6.